The highest BCUT2D eigenvalue weighted by Crippen LogP contribution is 2.31. The molecule has 10 rings (SSSR count). The molecular formula is C54H38N6. The van der Waals surface area contributed by atoms with Gasteiger partial charge in [-0.05, 0) is 51.1 Å². The van der Waals surface area contributed by atoms with Gasteiger partial charge in [-0.1, -0.05) is 206 Å². The van der Waals surface area contributed by atoms with Crippen LogP contribution in [-0.4, -0.2) is 26.6 Å². The van der Waals surface area contributed by atoms with Gasteiger partial charge in [-0.2, -0.15) is 0 Å². The highest BCUT2D eigenvalue weighted by Gasteiger charge is 2.22. The summed E-state index contributed by atoms with van der Waals surface area (Å²) in [5, 5.41) is 3.65. The molecule has 0 aliphatic carbocycles. The van der Waals surface area contributed by atoms with Crippen molar-refractivity contribution in [2.45, 2.75) is 6.17 Å². The number of benzene rings is 8. The van der Waals surface area contributed by atoms with Crippen LogP contribution < -0.4 is 5.32 Å². The fourth-order valence-corrected chi connectivity index (χ4v) is 7.45. The molecule has 1 N–H and O–H groups in total. The van der Waals surface area contributed by atoms with E-state index in [1.54, 1.807) is 0 Å². The van der Waals surface area contributed by atoms with Crippen LogP contribution in [0.3, 0.4) is 0 Å². The molecule has 1 atom stereocenters. The number of nitrogens with zero attached hydrogens (tertiary/aromatic N) is 5. The molecule has 0 radical (unpaired) electrons. The summed E-state index contributed by atoms with van der Waals surface area (Å²) in [6.07, 6.45) is -0.348. The van der Waals surface area contributed by atoms with Crippen molar-refractivity contribution in [2.75, 3.05) is 0 Å². The Balaban J connectivity index is 1.01. The van der Waals surface area contributed by atoms with E-state index in [-0.39, 0.29) is 6.17 Å². The van der Waals surface area contributed by atoms with Crippen LogP contribution in [0.25, 0.3) is 67.5 Å². The molecule has 0 amide bonds. The first kappa shape index (κ1) is 36.3. The van der Waals surface area contributed by atoms with Crippen LogP contribution >= 0.6 is 0 Å². The molecule has 0 spiro atoms. The molecule has 1 aliphatic rings. The van der Waals surface area contributed by atoms with Crippen LogP contribution in [0.4, 0.5) is 0 Å². The Hall–Kier alpha value is -8.09. The third-order valence-electron chi connectivity index (χ3n) is 10.6. The zero-order valence-electron chi connectivity index (χ0n) is 32.6. The highest BCUT2D eigenvalue weighted by molar-refractivity contribution is 6.13. The maximum absolute atomic E-state index is 5.23. The molecule has 1 aromatic heterocycles. The van der Waals surface area contributed by atoms with Gasteiger partial charge >= 0.3 is 0 Å². The van der Waals surface area contributed by atoms with Crippen molar-refractivity contribution >= 4 is 11.7 Å². The first-order valence-corrected chi connectivity index (χ1v) is 20.0. The van der Waals surface area contributed by atoms with E-state index in [9.17, 15) is 0 Å². The van der Waals surface area contributed by atoms with E-state index < -0.39 is 0 Å². The summed E-state index contributed by atoms with van der Waals surface area (Å²) in [6, 6.07) is 74.9. The van der Waals surface area contributed by atoms with E-state index in [1.165, 1.54) is 11.1 Å². The van der Waals surface area contributed by atoms with Gasteiger partial charge in [0, 0.05) is 27.8 Å². The van der Waals surface area contributed by atoms with Crippen LogP contribution in [0.2, 0.25) is 0 Å². The number of rotatable bonds is 9. The van der Waals surface area contributed by atoms with Crippen molar-refractivity contribution in [3.63, 3.8) is 0 Å². The van der Waals surface area contributed by atoms with Crippen molar-refractivity contribution in [1.29, 1.82) is 0 Å². The summed E-state index contributed by atoms with van der Waals surface area (Å²) in [5.41, 5.74) is 12.4. The number of hydrogen-bond acceptors (Lipinski definition) is 6. The molecule has 1 aliphatic heterocycles. The maximum Gasteiger partial charge on any atom is 0.164 e. The Bertz CT molecular complexity index is 2910. The Labute approximate surface area is 349 Å². The number of nitrogens with one attached hydrogen (secondary N) is 1. The third-order valence-corrected chi connectivity index (χ3v) is 10.6. The van der Waals surface area contributed by atoms with E-state index in [4.69, 9.17) is 24.9 Å². The number of amidine groups is 2. The molecule has 2 heterocycles. The SMILES string of the molecule is c1ccc(-c2ccc(C3=NC(c4cccc(-c5cccc(-c6nc(-c7ccccc7)nc(-c7ccccc7)n6)c5)c4)=NC(c4ccc(-c5ccccc5)cc4)N3)cc2)cc1. The minimum absolute atomic E-state index is 0.348. The van der Waals surface area contributed by atoms with Gasteiger partial charge in [0.25, 0.3) is 0 Å². The van der Waals surface area contributed by atoms with Gasteiger partial charge in [-0.25, -0.2) is 24.9 Å². The Kier molecular flexibility index (Phi) is 9.92. The molecule has 6 nitrogen and oxygen atoms in total. The topological polar surface area (TPSA) is 75.4 Å². The molecule has 0 fully saturated rings. The van der Waals surface area contributed by atoms with Crippen molar-refractivity contribution in [2.24, 2.45) is 9.98 Å². The fourth-order valence-electron chi connectivity index (χ4n) is 7.45. The second kappa shape index (κ2) is 16.4. The minimum atomic E-state index is -0.348. The van der Waals surface area contributed by atoms with Gasteiger partial charge in [0.05, 0.1) is 0 Å². The van der Waals surface area contributed by atoms with E-state index in [1.807, 2.05) is 72.8 Å². The molecular weight excluding hydrogens is 733 g/mol. The molecule has 8 aromatic carbocycles. The molecule has 60 heavy (non-hydrogen) atoms. The normalized spacial score (nSPS) is 13.5. The molecule has 0 saturated heterocycles. The Morgan fingerprint density at radius 1 is 0.300 bits per heavy atom. The summed E-state index contributed by atoms with van der Waals surface area (Å²) in [6.45, 7) is 0. The minimum Gasteiger partial charge on any atom is -0.344 e. The molecule has 0 saturated carbocycles. The first-order chi connectivity index (χ1) is 29.7. The molecule has 0 bridgehead atoms. The van der Waals surface area contributed by atoms with Gasteiger partial charge in [-0.3, -0.25) is 0 Å². The summed E-state index contributed by atoms with van der Waals surface area (Å²) in [7, 11) is 0. The molecule has 1 unspecified atom stereocenters. The molecule has 6 heteroatoms. The third kappa shape index (κ3) is 7.78. The first-order valence-electron chi connectivity index (χ1n) is 20.0. The second-order valence-corrected chi connectivity index (χ2v) is 14.6. The lowest BCUT2D eigenvalue weighted by Gasteiger charge is -2.24. The summed E-state index contributed by atoms with van der Waals surface area (Å²) < 4.78 is 0. The van der Waals surface area contributed by atoms with Crippen molar-refractivity contribution in [1.82, 2.24) is 20.3 Å². The lowest BCUT2D eigenvalue weighted by atomic mass is 9.99. The van der Waals surface area contributed by atoms with Crippen molar-refractivity contribution < 1.29 is 0 Å². The second-order valence-electron chi connectivity index (χ2n) is 14.6. The highest BCUT2D eigenvalue weighted by atomic mass is 15.2. The molecule has 9 aromatic rings. The van der Waals surface area contributed by atoms with E-state index in [0.717, 1.165) is 61.5 Å². The zero-order valence-corrected chi connectivity index (χ0v) is 32.6. The average Bonchev–Trinajstić information content (AvgIpc) is 3.35. The fraction of sp³-hybridized carbons (Fsp3) is 0.0185. The van der Waals surface area contributed by atoms with Crippen LogP contribution in [-0.2, 0) is 0 Å². The van der Waals surface area contributed by atoms with Gasteiger partial charge < -0.3 is 5.32 Å². The quantitative estimate of drug-likeness (QED) is 0.159. The lowest BCUT2D eigenvalue weighted by Crippen LogP contribution is -2.33. The summed E-state index contributed by atoms with van der Waals surface area (Å²) >= 11 is 0. The smallest absolute Gasteiger partial charge is 0.164 e. The van der Waals surface area contributed by atoms with E-state index in [0.29, 0.717) is 23.3 Å². The van der Waals surface area contributed by atoms with Gasteiger partial charge in [0.2, 0.25) is 0 Å². The monoisotopic (exact) mass is 770 g/mol. The number of aliphatic imine (C=N–C) groups is 2. The van der Waals surface area contributed by atoms with Crippen LogP contribution in [0, 0.1) is 0 Å². The van der Waals surface area contributed by atoms with Gasteiger partial charge in [-0.15, -0.1) is 0 Å². The van der Waals surface area contributed by atoms with Crippen molar-refractivity contribution in [3.05, 3.63) is 235 Å². The summed E-state index contributed by atoms with van der Waals surface area (Å²) in [4.78, 5) is 25.2. The predicted octanol–water partition coefficient (Wildman–Crippen LogP) is 12.4. The lowest BCUT2D eigenvalue weighted by molar-refractivity contribution is 0.674. The largest absolute Gasteiger partial charge is 0.344 e. The van der Waals surface area contributed by atoms with Gasteiger partial charge in [0.15, 0.2) is 23.3 Å². The number of hydrogen-bond donors (Lipinski definition) is 1. The van der Waals surface area contributed by atoms with Crippen LogP contribution in [0.1, 0.15) is 22.9 Å². The maximum atomic E-state index is 5.23. The van der Waals surface area contributed by atoms with Crippen LogP contribution in [0.5, 0.6) is 0 Å². The van der Waals surface area contributed by atoms with E-state index >= 15 is 0 Å². The van der Waals surface area contributed by atoms with Crippen molar-refractivity contribution in [3.8, 4) is 67.5 Å². The van der Waals surface area contributed by atoms with E-state index in [2.05, 4.69) is 151 Å². The summed E-state index contributed by atoms with van der Waals surface area (Å²) in [5.74, 6) is 3.29. The zero-order chi connectivity index (χ0) is 40.1. The van der Waals surface area contributed by atoms with Gasteiger partial charge in [0.1, 0.15) is 12.0 Å². The number of aromatic nitrogens is 3. The Morgan fingerprint density at radius 3 is 1.18 bits per heavy atom. The molecule has 284 valence electrons. The standard InChI is InChI=1S/C54H38N6/c1-5-15-37(16-6-1)39-27-31-43(32-28-39)51-56-52(44-33-29-40(30-34-44)38-17-7-2-8-18-38)60-54(59-51)48-26-14-24-46(36-48)45-23-13-25-47(35-45)53-57-49(41-19-9-3-10-20-41)55-50(58-53)42-21-11-4-12-22-42/h1-36,51H,(H,56,59,60). The predicted molar refractivity (Wildman–Crippen MR) is 244 cm³/mol. The Morgan fingerprint density at radius 2 is 0.667 bits per heavy atom. The van der Waals surface area contributed by atoms with Crippen LogP contribution in [0.15, 0.2) is 228 Å². The average molecular weight is 771 g/mol.